The molecule has 8 nitrogen and oxygen atoms in total. The molecule has 0 saturated carbocycles. The number of ether oxygens (including phenoxy) is 2. The van der Waals surface area contributed by atoms with Gasteiger partial charge in [-0.25, -0.2) is 0 Å². The van der Waals surface area contributed by atoms with Crippen LogP contribution in [0.5, 0.6) is 11.5 Å². The van der Waals surface area contributed by atoms with E-state index in [1.165, 1.54) is 7.11 Å². The summed E-state index contributed by atoms with van der Waals surface area (Å²) in [4.78, 5) is 25.3. The minimum atomic E-state index is -1.45. The number of nitrogens with one attached hydrogen (secondary N) is 2. The van der Waals surface area contributed by atoms with Gasteiger partial charge in [0.15, 0.2) is 17.0 Å². The Morgan fingerprint density at radius 2 is 1.83 bits per heavy atom. The van der Waals surface area contributed by atoms with Crippen molar-refractivity contribution in [2.24, 2.45) is 0 Å². The molecule has 1 fully saturated rings. The first-order valence-electron chi connectivity index (χ1n) is 11.2. The molecular weight excluding hydrogens is 514 g/mol. The lowest BCUT2D eigenvalue weighted by Gasteiger charge is -2.25. The molecule has 0 radical (unpaired) electrons. The molecule has 1 spiro atoms. The Morgan fingerprint density at radius 3 is 2.54 bits per heavy atom. The molecule has 5 rings (SSSR count). The summed E-state index contributed by atoms with van der Waals surface area (Å²) in [6, 6.07) is 18.7. The van der Waals surface area contributed by atoms with Gasteiger partial charge in [0.1, 0.15) is 6.61 Å². The van der Waals surface area contributed by atoms with Crippen molar-refractivity contribution in [2.75, 3.05) is 12.4 Å². The lowest BCUT2D eigenvalue weighted by molar-refractivity contribution is -0.532. The molecule has 0 unspecified atom stereocenters. The maximum absolute atomic E-state index is 13.2. The molecule has 180 valence electrons. The Kier molecular flexibility index (Phi) is 5.98. The molecule has 2 aliphatic rings. The molecule has 2 heterocycles. The Labute approximate surface area is 210 Å². The fraction of sp³-hybridized carbons (Fsp3) is 0.269. The van der Waals surface area contributed by atoms with Crippen LogP contribution in [0.4, 0.5) is 5.69 Å². The summed E-state index contributed by atoms with van der Waals surface area (Å²) >= 11 is 3.42. The van der Waals surface area contributed by atoms with Crippen LogP contribution in [0.15, 0.2) is 71.2 Å². The molecule has 2 N–H and O–H groups in total. The SMILES string of the molecule is COc1cc([C@@H]2[C@H](C)N[C@@]3(C(=O)Nc4ccccc43)[C@@H]2[N+](=O)[O-])ccc1OCc1ccc(Br)cc1. The van der Waals surface area contributed by atoms with Crippen molar-refractivity contribution in [3.63, 3.8) is 0 Å². The number of amides is 1. The molecule has 0 aromatic heterocycles. The van der Waals surface area contributed by atoms with Gasteiger partial charge in [0.05, 0.1) is 13.0 Å². The molecule has 35 heavy (non-hydrogen) atoms. The predicted molar refractivity (Wildman–Crippen MR) is 134 cm³/mol. The third-order valence-corrected chi connectivity index (χ3v) is 7.37. The van der Waals surface area contributed by atoms with Gasteiger partial charge in [0.2, 0.25) is 0 Å². The monoisotopic (exact) mass is 537 g/mol. The summed E-state index contributed by atoms with van der Waals surface area (Å²) in [7, 11) is 1.54. The van der Waals surface area contributed by atoms with Crippen molar-refractivity contribution in [1.29, 1.82) is 0 Å². The van der Waals surface area contributed by atoms with Crippen LogP contribution in [0.1, 0.15) is 29.5 Å². The fourth-order valence-electron chi connectivity index (χ4n) is 5.31. The van der Waals surface area contributed by atoms with Crippen molar-refractivity contribution in [2.45, 2.75) is 37.1 Å². The maximum atomic E-state index is 13.2. The third kappa shape index (κ3) is 3.84. The van der Waals surface area contributed by atoms with Gasteiger partial charge in [-0.1, -0.05) is 52.3 Å². The van der Waals surface area contributed by atoms with Crippen molar-refractivity contribution >= 4 is 27.5 Å². The zero-order chi connectivity index (χ0) is 24.7. The number of carbonyl (C=O) groups excluding carboxylic acids is 1. The maximum Gasteiger partial charge on any atom is 0.256 e. The van der Waals surface area contributed by atoms with Gasteiger partial charge in [-0.3, -0.25) is 20.2 Å². The van der Waals surface area contributed by atoms with Crippen LogP contribution in [0, 0.1) is 10.1 Å². The fourth-order valence-corrected chi connectivity index (χ4v) is 5.57. The van der Waals surface area contributed by atoms with E-state index in [9.17, 15) is 14.9 Å². The van der Waals surface area contributed by atoms with Crippen LogP contribution < -0.4 is 20.1 Å². The summed E-state index contributed by atoms with van der Waals surface area (Å²) in [5.41, 5.74) is 1.44. The van der Waals surface area contributed by atoms with E-state index >= 15 is 0 Å². The Bertz CT molecular complexity index is 1300. The van der Waals surface area contributed by atoms with E-state index in [-0.39, 0.29) is 11.0 Å². The molecule has 1 saturated heterocycles. The number of para-hydroxylation sites is 1. The first-order chi connectivity index (χ1) is 16.8. The average molecular weight is 538 g/mol. The highest BCUT2D eigenvalue weighted by Gasteiger charge is 2.67. The molecule has 0 aliphatic carbocycles. The number of hydrogen-bond donors (Lipinski definition) is 2. The second kappa shape index (κ2) is 8.98. The lowest BCUT2D eigenvalue weighted by atomic mass is 9.78. The smallest absolute Gasteiger partial charge is 0.256 e. The largest absolute Gasteiger partial charge is 0.493 e. The van der Waals surface area contributed by atoms with Gasteiger partial charge in [0.25, 0.3) is 11.9 Å². The number of nitrogens with zero attached hydrogens (tertiary/aromatic N) is 1. The minimum absolute atomic E-state index is 0.340. The number of benzene rings is 3. The number of fused-ring (bicyclic) bond motifs is 2. The van der Waals surface area contributed by atoms with Gasteiger partial charge in [-0.15, -0.1) is 0 Å². The zero-order valence-electron chi connectivity index (χ0n) is 19.2. The van der Waals surface area contributed by atoms with E-state index in [1.807, 2.05) is 37.3 Å². The average Bonchev–Trinajstić information content (AvgIpc) is 3.32. The molecule has 3 aromatic carbocycles. The molecule has 1 amide bonds. The number of anilines is 1. The normalized spacial score (nSPS) is 24.8. The standard InChI is InChI=1S/C26H24BrN3O5/c1-15-23(24(30(32)33)26(29-15)19-5-3-4-6-20(19)28-25(26)31)17-9-12-21(22(13-17)34-2)35-14-16-7-10-18(27)11-8-16/h3-13,15,23-24,29H,14H2,1-2H3,(H,28,31)/t15-,23-,24+,26+/m0/s1. The van der Waals surface area contributed by atoms with Crippen molar-refractivity contribution in [1.82, 2.24) is 5.32 Å². The second-order valence-corrected chi connectivity index (χ2v) is 9.74. The first kappa shape index (κ1) is 23.3. The van der Waals surface area contributed by atoms with Gasteiger partial charge in [-0.2, -0.15) is 0 Å². The topological polar surface area (TPSA) is 103 Å². The molecule has 3 aromatic rings. The van der Waals surface area contributed by atoms with Gasteiger partial charge >= 0.3 is 0 Å². The van der Waals surface area contributed by atoms with E-state index in [2.05, 4.69) is 26.6 Å². The second-order valence-electron chi connectivity index (χ2n) is 8.82. The molecular formula is C26H24BrN3O5. The summed E-state index contributed by atoms with van der Waals surface area (Å²) in [5.74, 6) is 0.0349. The molecule has 2 aliphatic heterocycles. The Morgan fingerprint density at radius 1 is 1.09 bits per heavy atom. The quantitative estimate of drug-likeness (QED) is 0.351. The van der Waals surface area contributed by atoms with Crippen molar-refractivity contribution in [3.05, 3.63) is 98.0 Å². The highest BCUT2D eigenvalue weighted by molar-refractivity contribution is 9.10. The van der Waals surface area contributed by atoms with Gasteiger partial charge in [-0.05, 0) is 48.4 Å². The van der Waals surface area contributed by atoms with Crippen LogP contribution in [0.2, 0.25) is 0 Å². The lowest BCUT2D eigenvalue weighted by Crippen LogP contribution is -2.54. The number of hydrogen-bond acceptors (Lipinski definition) is 6. The number of carbonyl (C=O) groups is 1. The number of nitro groups is 1. The molecule has 4 atom stereocenters. The third-order valence-electron chi connectivity index (χ3n) is 6.84. The highest BCUT2D eigenvalue weighted by atomic mass is 79.9. The first-order valence-corrected chi connectivity index (χ1v) is 12.0. The Balaban J connectivity index is 1.48. The van der Waals surface area contributed by atoms with Crippen LogP contribution in [-0.2, 0) is 16.9 Å². The van der Waals surface area contributed by atoms with Crippen molar-refractivity contribution in [3.8, 4) is 11.5 Å². The Hall–Kier alpha value is -3.43. The van der Waals surface area contributed by atoms with E-state index in [0.29, 0.717) is 34.9 Å². The van der Waals surface area contributed by atoms with Gasteiger partial charge in [0, 0.05) is 26.7 Å². The predicted octanol–water partition coefficient (Wildman–Crippen LogP) is 4.60. The van der Waals surface area contributed by atoms with E-state index < -0.39 is 23.4 Å². The molecule has 0 bridgehead atoms. The van der Waals surface area contributed by atoms with Crippen LogP contribution in [-0.4, -0.2) is 30.0 Å². The van der Waals surface area contributed by atoms with E-state index in [0.717, 1.165) is 10.0 Å². The number of methoxy groups -OCH3 is 1. The summed E-state index contributed by atoms with van der Waals surface area (Å²) in [6.07, 6.45) is 0. The summed E-state index contributed by atoms with van der Waals surface area (Å²) in [5, 5.41) is 18.6. The zero-order valence-corrected chi connectivity index (χ0v) is 20.7. The summed E-state index contributed by atoms with van der Waals surface area (Å²) in [6.45, 7) is 2.22. The minimum Gasteiger partial charge on any atom is -0.493 e. The van der Waals surface area contributed by atoms with Crippen molar-refractivity contribution < 1.29 is 19.2 Å². The number of halogens is 1. The summed E-state index contributed by atoms with van der Waals surface area (Å²) < 4.78 is 12.5. The number of rotatable bonds is 6. The van der Waals surface area contributed by atoms with E-state index in [1.54, 1.807) is 36.4 Å². The van der Waals surface area contributed by atoms with E-state index in [4.69, 9.17) is 9.47 Å². The van der Waals surface area contributed by atoms with Gasteiger partial charge < -0.3 is 14.8 Å². The van der Waals surface area contributed by atoms with Crippen LogP contribution >= 0.6 is 15.9 Å². The van der Waals surface area contributed by atoms with Crippen LogP contribution in [0.25, 0.3) is 0 Å². The highest BCUT2D eigenvalue weighted by Crippen LogP contribution is 2.50. The van der Waals surface area contributed by atoms with Crippen LogP contribution in [0.3, 0.4) is 0 Å². The molecule has 9 heteroatoms.